The molecule has 3 rings (SSSR count). The Morgan fingerprint density at radius 3 is 2.58 bits per heavy atom. The number of amides is 1. The van der Waals surface area contributed by atoms with Crippen LogP contribution < -0.4 is 10.5 Å². The van der Waals surface area contributed by atoms with Crippen molar-refractivity contribution in [3.8, 4) is 16.9 Å². The van der Waals surface area contributed by atoms with Crippen LogP contribution in [0, 0.1) is 0 Å². The zero-order chi connectivity index (χ0) is 16.1. The number of likely N-dealkylation sites (tertiary alicyclic amines) is 1. The number of rotatable bonds is 5. The minimum absolute atomic E-state index is 0. The third kappa shape index (κ3) is 4.08. The van der Waals surface area contributed by atoms with Gasteiger partial charge in [-0.2, -0.15) is 0 Å². The molecule has 2 aromatic carbocycles. The third-order valence-corrected chi connectivity index (χ3v) is 4.29. The van der Waals surface area contributed by atoms with Gasteiger partial charge in [0.25, 0.3) is 5.91 Å². The number of nitrogens with zero attached hydrogens (tertiary/aromatic N) is 1. The number of hydrogen-bond donors (Lipinski definition) is 1. The van der Waals surface area contributed by atoms with Crippen LogP contribution in [0.4, 0.5) is 0 Å². The second kappa shape index (κ2) is 8.71. The number of halogens is 1. The van der Waals surface area contributed by atoms with Crippen LogP contribution >= 0.6 is 12.4 Å². The predicted octanol–water partition coefficient (Wildman–Crippen LogP) is 3.10. The lowest BCUT2D eigenvalue weighted by Crippen LogP contribution is -2.42. The molecule has 1 aliphatic heterocycles. The molecule has 0 aromatic heterocycles. The lowest BCUT2D eigenvalue weighted by molar-refractivity contribution is -0.134. The molecule has 2 N–H and O–H groups in total. The number of ether oxygens (including phenoxy) is 1. The van der Waals surface area contributed by atoms with E-state index in [4.69, 9.17) is 10.5 Å². The number of benzene rings is 2. The molecule has 1 fully saturated rings. The number of carbonyl (C=O) groups excluding carboxylic acids is 1. The van der Waals surface area contributed by atoms with Gasteiger partial charge in [0.15, 0.2) is 6.61 Å². The smallest absolute Gasteiger partial charge is 0.260 e. The predicted molar refractivity (Wildman–Crippen MR) is 98.4 cm³/mol. The zero-order valence-electron chi connectivity index (χ0n) is 13.6. The Hall–Kier alpha value is -2.04. The van der Waals surface area contributed by atoms with Gasteiger partial charge in [-0.15, -0.1) is 12.4 Å². The molecule has 1 saturated heterocycles. The van der Waals surface area contributed by atoms with E-state index in [1.54, 1.807) is 0 Å². The quantitative estimate of drug-likeness (QED) is 0.905. The number of nitrogens with two attached hydrogens (primary N) is 1. The Morgan fingerprint density at radius 2 is 1.83 bits per heavy atom. The first-order chi connectivity index (χ1) is 11.3. The van der Waals surface area contributed by atoms with E-state index < -0.39 is 0 Å². The highest BCUT2D eigenvalue weighted by Crippen LogP contribution is 2.29. The van der Waals surface area contributed by atoms with E-state index in [0.29, 0.717) is 6.54 Å². The first kappa shape index (κ1) is 18.3. The summed E-state index contributed by atoms with van der Waals surface area (Å²) in [4.78, 5) is 14.2. The van der Waals surface area contributed by atoms with Crippen molar-refractivity contribution in [1.29, 1.82) is 0 Å². The summed E-state index contributed by atoms with van der Waals surface area (Å²) in [7, 11) is 0. The maximum Gasteiger partial charge on any atom is 0.260 e. The second-order valence-electron chi connectivity index (χ2n) is 5.77. The molecule has 5 heteroatoms. The molecule has 0 bridgehead atoms. The summed E-state index contributed by atoms with van der Waals surface area (Å²) in [5, 5.41) is 0. The number of hydrogen-bond acceptors (Lipinski definition) is 3. The Bertz CT molecular complexity index is 663. The fourth-order valence-corrected chi connectivity index (χ4v) is 3.08. The van der Waals surface area contributed by atoms with Gasteiger partial charge in [0.05, 0.1) is 0 Å². The highest BCUT2D eigenvalue weighted by Gasteiger charge is 2.27. The van der Waals surface area contributed by atoms with E-state index in [1.165, 1.54) is 0 Å². The molecule has 0 spiro atoms. The van der Waals surface area contributed by atoms with Gasteiger partial charge in [-0.05, 0) is 24.5 Å². The molecular weight excluding hydrogens is 324 g/mol. The summed E-state index contributed by atoms with van der Waals surface area (Å²) in [6.07, 6.45) is 2.01. The molecule has 0 saturated carbocycles. The fourth-order valence-electron chi connectivity index (χ4n) is 3.08. The van der Waals surface area contributed by atoms with E-state index in [9.17, 15) is 4.79 Å². The maximum absolute atomic E-state index is 12.4. The van der Waals surface area contributed by atoms with Crippen LogP contribution in [0.5, 0.6) is 5.75 Å². The normalized spacial score (nSPS) is 16.5. The van der Waals surface area contributed by atoms with E-state index in [0.717, 1.165) is 36.3 Å². The van der Waals surface area contributed by atoms with Crippen molar-refractivity contribution in [2.75, 3.05) is 19.7 Å². The third-order valence-electron chi connectivity index (χ3n) is 4.29. The van der Waals surface area contributed by atoms with Gasteiger partial charge in [0.1, 0.15) is 5.75 Å². The molecular formula is C19H23ClN2O2. The van der Waals surface area contributed by atoms with Crippen LogP contribution in [0.3, 0.4) is 0 Å². The number of carbonyl (C=O) groups is 1. The largest absolute Gasteiger partial charge is 0.483 e. The lowest BCUT2D eigenvalue weighted by Gasteiger charge is -2.23. The average molecular weight is 347 g/mol. The lowest BCUT2D eigenvalue weighted by atomic mass is 10.1. The van der Waals surface area contributed by atoms with Gasteiger partial charge in [-0.3, -0.25) is 4.79 Å². The topological polar surface area (TPSA) is 55.6 Å². The Labute approximate surface area is 149 Å². The van der Waals surface area contributed by atoms with Crippen LogP contribution in [-0.4, -0.2) is 36.5 Å². The maximum atomic E-state index is 12.4. The molecule has 128 valence electrons. The first-order valence-corrected chi connectivity index (χ1v) is 8.06. The van der Waals surface area contributed by atoms with E-state index in [1.807, 2.05) is 59.5 Å². The monoisotopic (exact) mass is 346 g/mol. The zero-order valence-corrected chi connectivity index (χ0v) is 14.4. The molecule has 0 aliphatic carbocycles. The number of para-hydroxylation sites is 1. The molecule has 1 unspecified atom stereocenters. The standard InChI is InChI=1S/C19H22N2O2.ClH/c20-13-16-9-6-12-21(16)19(22)14-23-18-11-5-4-10-17(18)15-7-2-1-3-8-15;/h1-5,7-8,10-11,16H,6,9,12-14,20H2;1H. The Kier molecular flexibility index (Phi) is 6.64. The minimum atomic E-state index is 0. The van der Waals surface area contributed by atoms with Crippen molar-refractivity contribution in [2.45, 2.75) is 18.9 Å². The summed E-state index contributed by atoms with van der Waals surface area (Å²) >= 11 is 0. The highest BCUT2D eigenvalue weighted by atomic mass is 35.5. The molecule has 1 heterocycles. The van der Waals surface area contributed by atoms with Crippen molar-refractivity contribution in [1.82, 2.24) is 4.90 Å². The van der Waals surface area contributed by atoms with Gasteiger partial charge in [0, 0.05) is 24.7 Å². The summed E-state index contributed by atoms with van der Waals surface area (Å²) in [6, 6.07) is 18.0. The molecule has 0 radical (unpaired) electrons. The first-order valence-electron chi connectivity index (χ1n) is 8.06. The van der Waals surface area contributed by atoms with E-state index >= 15 is 0 Å². The summed E-state index contributed by atoms with van der Waals surface area (Å²) in [6.45, 7) is 1.36. The molecule has 1 atom stereocenters. The van der Waals surface area contributed by atoms with Gasteiger partial charge in [-0.1, -0.05) is 48.5 Å². The van der Waals surface area contributed by atoms with Crippen molar-refractivity contribution < 1.29 is 9.53 Å². The Balaban J connectivity index is 0.00000208. The molecule has 24 heavy (non-hydrogen) atoms. The summed E-state index contributed by atoms with van der Waals surface area (Å²) in [5.74, 6) is 0.747. The van der Waals surface area contributed by atoms with Crippen LogP contribution in [-0.2, 0) is 4.79 Å². The molecule has 2 aromatic rings. The molecule has 1 amide bonds. The second-order valence-corrected chi connectivity index (χ2v) is 5.77. The van der Waals surface area contributed by atoms with Gasteiger partial charge in [0.2, 0.25) is 0 Å². The van der Waals surface area contributed by atoms with Gasteiger partial charge < -0.3 is 15.4 Å². The summed E-state index contributed by atoms with van der Waals surface area (Å²) < 4.78 is 5.83. The minimum Gasteiger partial charge on any atom is -0.483 e. The van der Waals surface area contributed by atoms with Crippen molar-refractivity contribution in [3.63, 3.8) is 0 Å². The molecule has 1 aliphatic rings. The van der Waals surface area contributed by atoms with Crippen LogP contribution in [0.25, 0.3) is 11.1 Å². The van der Waals surface area contributed by atoms with Gasteiger partial charge in [-0.25, -0.2) is 0 Å². The van der Waals surface area contributed by atoms with Crippen molar-refractivity contribution in [2.24, 2.45) is 5.73 Å². The average Bonchev–Trinajstić information content (AvgIpc) is 3.09. The van der Waals surface area contributed by atoms with Crippen molar-refractivity contribution >= 4 is 18.3 Å². The fraction of sp³-hybridized carbons (Fsp3) is 0.316. The Morgan fingerprint density at radius 1 is 1.12 bits per heavy atom. The van der Waals surface area contributed by atoms with E-state index in [2.05, 4.69) is 0 Å². The van der Waals surface area contributed by atoms with Gasteiger partial charge >= 0.3 is 0 Å². The summed E-state index contributed by atoms with van der Waals surface area (Å²) in [5.41, 5.74) is 7.81. The SMILES string of the molecule is Cl.NCC1CCCN1C(=O)COc1ccccc1-c1ccccc1. The molecule has 4 nitrogen and oxygen atoms in total. The van der Waals surface area contributed by atoms with Crippen LogP contribution in [0.1, 0.15) is 12.8 Å². The van der Waals surface area contributed by atoms with E-state index in [-0.39, 0.29) is 31.0 Å². The van der Waals surface area contributed by atoms with Crippen LogP contribution in [0.15, 0.2) is 54.6 Å². The van der Waals surface area contributed by atoms with Crippen molar-refractivity contribution in [3.05, 3.63) is 54.6 Å². The van der Waals surface area contributed by atoms with Crippen LogP contribution in [0.2, 0.25) is 0 Å². The highest BCUT2D eigenvalue weighted by molar-refractivity contribution is 5.85.